The summed E-state index contributed by atoms with van der Waals surface area (Å²) in [6.45, 7) is 0. The second-order valence-corrected chi connectivity index (χ2v) is 5.93. The standard InChI is InChI=1S/C16H8F12N2/c17-13(18,19)5-1-2-8(14(20,21)22)6(3-5)7-4-9(15(23,24)25)11(29)12(30)10(7)16(26,27)28/h1-4H,29-30H2. The smallest absolute Gasteiger partial charge is 0.397 e. The van der Waals surface area contributed by atoms with Gasteiger partial charge < -0.3 is 11.5 Å². The summed E-state index contributed by atoms with van der Waals surface area (Å²) in [7, 11) is 0. The van der Waals surface area contributed by atoms with Gasteiger partial charge in [0.25, 0.3) is 0 Å². The van der Waals surface area contributed by atoms with Crippen molar-refractivity contribution in [2.75, 3.05) is 11.5 Å². The van der Waals surface area contributed by atoms with E-state index in [1.54, 1.807) is 0 Å². The number of alkyl halides is 12. The van der Waals surface area contributed by atoms with Gasteiger partial charge in [0.15, 0.2) is 0 Å². The van der Waals surface area contributed by atoms with Gasteiger partial charge in [0.05, 0.1) is 33.6 Å². The third kappa shape index (κ3) is 4.36. The normalized spacial score (nSPS) is 13.6. The van der Waals surface area contributed by atoms with Crippen LogP contribution < -0.4 is 11.5 Å². The summed E-state index contributed by atoms with van der Waals surface area (Å²) in [6, 6.07) is -0.981. The number of halogens is 12. The Morgan fingerprint density at radius 2 is 1.00 bits per heavy atom. The van der Waals surface area contributed by atoms with Gasteiger partial charge in [-0.2, -0.15) is 52.7 Å². The molecule has 166 valence electrons. The van der Waals surface area contributed by atoms with Crippen LogP contribution in [-0.2, 0) is 24.7 Å². The van der Waals surface area contributed by atoms with Crippen molar-refractivity contribution in [1.82, 2.24) is 0 Å². The Kier molecular flexibility index (Phi) is 5.38. The van der Waals surface area contributed by atoms with Gasteiger partial charge in [-0.15, -0.1) is 0 Å². The Hall–Kier alpha value is -2.80. The van der Waals surface area contributed by atoms with Gasteiger partial charge >= 0.3 is 24.7 Å². The van der Waals surface area contributed by atoms with Crippen molar-refractivity contribution >= 4 is 11.4 Å². The lowest BCUT2D eigenvalue weighted by Gasteiger charge is -2.23. The number of rotatable bonds is 1. The fourth-order valence-electron chi connectivity index (χ4n) is 2.66. The molecule has 0 aliphatic rings. The van der Waals surface area contributed by atoms with Crippen LogP contribution in [0.15, 0.2) is 24.3 Å². The van der Waals surface area contributed by atoms with Crippen LogP contribution >= 0.6 is 0 Å². The van der Waals surface area contributed by atoms with E-state index in [1.807, 2.05) is 0 Å². The first kappa shape index (κ1) is 23.5. The van der Waals surface area contributed by atoms with Gasteiger partial charge in [-0.05, 0) is 35.4 Å². The van der Waals surface area contributed by atoms with E-state index >= 15 is 0 Å². The maximum Gasteiger partial charge on any atom is 0.419 e. The molecule has 30 heavy (non-hydrogen) atoms. The lowest BCUT2D eigenvalue weighted by Crippen LogP contribution is -2.19. The Bertz CT molecular complexity index is 965. The van der Waals surface area contributed by atoms with Crippen molar-refractivity contribution in [2.45, 2.75) is 24.7 Å². The van der Waals surface area contributed by atoms with E-state index in [-0.39, 0.29) is 18.2 Å². The summed E-state index contributed by atoms with van der Waals surface area (Å²) in [4.78, 5) is 0. The molecule has 0 aliphatic carbocycles. The lowest BCUT2D eigenvalue weighted by atomic mass is 9.89. The minimum absolute atomic E-state index is 0.0646. The monoisotopic (exact) mass is 456 g/mol. The molecule has 2 aromatic rings. The topological polar surface area (TPSA) is 52.0 Å². The van der Waals surface area contributed by atoms with E-state index in [0.717, 1.165) is 0 Å². The van der Waals surface area contributed by atoms with Crippen LogP contribution in [0.5, 0.6) is 0 Å². The van der Waals surface area contributed by atoms with E-state index < -0.39 is 75.5 Å². The average Bonchev–Trinajstić information content (AvgIpc) is 2.52. The lowest BCUT2D eigenvalue weighted by molar-refractivity contribution is -0.141. The van der Waals surface area contributed by atoms with Gasteiger partial charge in [0.1, 0.15) is 0 Å². The van der Waals surface area contributed by atoms with Crippen molar-refractivity contribution in [3.05, 3.63) is 46.5 Å². The van der Waals surface area contributed by atoms with Gasteiger partial charge in [0.2, 0.25) is 0 Å². The number of anilines is 2. The summed E-state index contributed by atoms with van der Waals surface area (Å²) in [6.07, 6.45) is -21.9. The SMILES string of the molecule is Nc1c(C(F)(F)F)cc(-c2cc(C(F)(F)F)ccc2C(F)(F)F)c(C(F)(F)F)c1N. The van der Waals surface area contributed by atoms with Crippen LogP contribution in [0.1, 0.15) is 22.3 Å². The fraction of sp³-hybridized carbons (Fsp3) is 0.250. The van der Waals surface area contributed by atoms with E-state index in [1.165, 1.54) is 0 Å². The molecule has 0 saturated heterocycles. The highest BCUT2D eigenvalue weighted by Crippen LogP contribution is 2.50. The number of benzene rings is 2. The first-order chi connectivity index (χ1) is 13.3. The molecule has 0 fully saturated rings. The van der Waals surface area contributed by atoms with Gasteiger partial charge in [-0.1, -0.05) is 0 Å². The van der Waals surface area contributed by atoms with E-state index in [4.69, 9.17) is 11.5 Å². The van der Waals surface area contributed by atoms with E-state index in [9.17, 15) is 52.7 Å². The first-order valence-corrected chi connectivity index (χ1v) is 7.41. The zero-order chi connectivity index (χ0) is 23.4. The molecular weight excluding hydrogens is 448 g/mol. The molecule has 4 N–H and O–H groups in total. The van der Waals surface area contributed by atoms with Gasteiger partial charge in [-0.3, -0.25) is 0 Å². The summed E-state index contributed by atoms with van der Waals surface area (Å²) in [5, 5.41) is 0. The van der Waals surface area contributed by atoms with E-state index in [0.29, 0.717) is 0 Å². The predicted molar refractivity (Wildman–Crippen MR) is 80.7 cm³/mol. The second-order valence-electron chi connectivity index (χ2n) is 5.93. The molecule has 0 amide bonds. The number of nitrogens with two attached hydrogens (primary N) is 2. The maximum atomic E-state index is 13.4. The Morgan fingerprint density at radius 1 is 0.500 bits per heavy atom. The molecule has 0 aromatic heterocycles. The molecule has 0 radical (unpaired) electrons. The molecule has 2 nitrogen and oxygen atoms in total. The summed E-state index contributed by atoms with van der Waals surface area (Å²) in [5.41, 5.74) is -5.11. The quantitative estimate of drug-likeness (QED) is 0.376. The van der Waals surface area contributed by atoms with Crippen LogP contribution in [-0.4, -0.2) is 0 Å². The van der Waals surface area contributed by atoms with Crippen LogP contribution in [0.3, 0.4) is 0 Å². The Balaban J connectivity index is 3.10. The maximum absolute atomic E-state index is 13.4. The van der Waals surface area contributed by atoms with E-state index in [2.05, 4.69) is 0 Å². The molecule has 0 saturated carbocycles. The molecular formula is C16H8F12N2. The molecule has 2 rings (SSSR count). The molecule has 0 heterocycles. The summed E-state index contributed by atoms with van der Waals surface area (Å²) in [5.74, 6) is 0. The number of nitrogen functional groups attached to an aromatic ring is 2. The van der Waals surface area contributed by atoms with Gasteiger partial charge in [-0.25, -0.2) is 0 Å². The van der Waals surface area contributed by atoms with Crippen LogP contribution in [0, 0.1) is 0 Å². The van der Waals surface area contributed by atoms with Crippen LogP contribution in [0.25, 0.3) is 11.1 Å². The highest BCUT2D eigenvalue weighted by molar-refractivity contribution is 5.85. The number of hydrogen-bond acceptors (Lipinski definition) is 2. The van der Waals surface area contributed by atoms with Gasteiger partial charge in [0, 0.05) is 0 Å². The molecule has 0 unspecified atom stereocenters. The molecule has 0 atom stereocenters. The predicted octanol–water partition coefficient (Wildman–Crippen LogP) is 6.59. The summed E-state index contributed by atoms with van der Waals surface area (Å²) >= 11 is 0. The third-order valence-electron chi connectivity index (χ3n) is 3.94. The average molecular weight is 456 g/mol. The zero-order valence-electron chi connectivity index (χ0n) is 14.0. The zero-order valence-corrected chi connectivity index (χ0v) is 14.0. The van der Waals surface area contributed by atoms with Crippen LogP contribution in [0.2, 0.25) is 0 Å². The molecule has 0 bridgehead atoms. The van der Waals surface area contributed by atoms with Crippen LogP contribution in [0.4, 0.5) is 64.1 Å². The Morgan fingerprint density at radius 3 is 1.40 bits per heavy atom. The summed E-state index contributed by atoms with van der Waals surface area (Å²) < 4.78 is 158. The minimum atomic E-state index is -5.64. The number of hydrogen-bond donors (Lipinski definition) is 2. The highest BCUT2D eigenvalue weighted by Gasteiger charge is 2.44. The van der Waals surface area contributed by atoms with Crippen molar-refractivity contribution in [2.24, 2.45) is 0 Å². The van der Waals surface area contributed by atoms with Crippen molar-refractivity contribution < 1.29 is 52.7 Å². The third-order valence-corrected chi connectivity index (χ3v) is 3.94. The largest absolute Gasteiger partial charge is 0.419 e. The fourth-order valence-corrected chi connectivity index (χ4v) is 2.66. The molecule has 0 spiro atoms. The molecule has 2 aromatic carbocycles. The Labute approximate surface area is 159 Å². The minimum Gasteiger partial charge on any atom is -0.397 e. The van der Waals surface area contributed by atoms with Crippen molar-refractivity contribution in [1.29, 1.82) is 0 Å². The van der Waals surface area contributed by atoms with Crippen molar-refractivity contribution in [3.63, 3.8) is 0 Å². The van der Waals surface area contributed by atoms with Crippen molar-refractivity contribution in [3.8, 4) is 11.1 Å². The first-order valence-electron chi connectivity index (χ1n) is 7.41. The molecule has 0 aliphatic heterocycles. The second kappa shape index (κ2) is 6.87. The molecule has 14 heteroatoms. The highest BCUT2D eigenvalue weighted by atomic mass is 19.4.